The fourth-order valence-electron chi connectivity index (χ4n) is 6.74. The largest absolute Gasteiger partial charge is 0.480 e. The van der Waals surface area contributed by atoms with Gasteiger partial charge in [-0.05, 0) is 69.3 Å². The van der Waals surface area contributed by atoms with Crippen molar-refractivity contribution in [3.05, 3.63) is 76.3 Å². The first-order valence-electron chi connectivity index (χ1n) is 12.9. The van der Waals surface area contributed by atoms with Crippen molar-refractivity contribution in [2.45, 2.75) is 37.2 Å². The van der Waals surface area contributed by atoms with E-state index in [0.29, 0.717) is 37.1 Å². The predicted molar refractivity (Wildman–Crippen MR) is 144 cm³/mol. The van der Waals surface area contributed by atoms with Gasteiger partial charge in [-0.2, -0.15) is 0 Å². The van der Waals surface area contributed by atoms with Crippen molar-refractivity contribution in [1.82, 2.24) is 14.5 Å². The highest BCUT2D eigenvalue weighted by molar-refractivity contribution is 9.10. The third-order valence-electron chi connectivity index (χ3n) is 8.47. The van der Waals surface area contributed by atoms with Crippen LogP contribution in [0.25, 0.3) is 11.1 Å². The highest BCUT2D eigenvalue weighted by atomic mass is 79.9. The molecule has 1 aliphatic heterocycles. The minimum absolute atomic E-state index is 0.00293. The van der Waals surface area contributed by atoms with Crippen molar-refractivity contribution < 1.29 is 24.2 Å². The number of ether oxygens (including phenoxy) is 2. The second-order valence-electron chi connectivity index (χ2n) is 10.8. The summed E-state index contributed by atoms with van der Waals surface area (Å²) in [6.07, 6.45) is 4.59. The summed E-state index contributed by atoms with van der Waals surface area (Å²) in [5.74, 6) is -0.225. The number of benzene rings is 2. The second kappa shape index (κ2) is 9.54. The van der Waals surface area contributed by atoms with Gasteiger partial charge >= 0.3 is 12.1 Å². The molecule has 198 valence electrons. The molecule has 0 atom stereocenters. The molecule has 1 amide bonds. The van der Waals surface area contributed by atoms with Gasteiger partial charge in [-0.25, -0.2) is 14.6 Å². The van der Waals surface area contributed by atoms with Crippen LogP contribution in [0, 0.1) is 5.41 Å². The van der Waals surface area contributed by atoms with Gasteiger partial charge in [0, 0.05) is 32.3 Å². The number of carboxylic acid groups (broad SMARTS) is 1. The van der Waals surface area contributed by atoms with Crippen LogP contribution in [0.4, 0.5) is 4.79 Å². The number of hydrogen-bond donors (Lipinski definition) is 1. The molecule has 1 saturated heterocycles. The molecule has 2 fully saturated rings. The molecule has 1 aromatic heterocycles. The Labute approximate surface area is 229 Å². The molecule has 0 bridgehead atoms. The summed E-state index contributed by atoms with van der Waals surface area (Å²) in [4.78, 5) is 30.7. The van der Waals surface area contributed by atoms with E-state index in [-0.39, 0.29) is 24.0 Å². The number of likely N-dealkylation sites (tertiary alicyclic amines) is 1. The van der Waals surface area contributed by atoms with Gasteiger partial charge in [-0.1, -0.05) is 48.5 Å². The number of amides is 1. The van der Waals surface area contributed by atoms with Crippen molar-refractivity contribution in [3.63, 3.8) is 0 Å². The van der Waals surface area contributed by atoms with Crippen molar-refractivity contribution >= 4 is 28.0 Å². The van der Waals surface area contributed by atoms with Crippen LogP contribution in [0.3, 0.4) is 0 Å². The van der Waals surface area contributed by atoms with E-state index in [2.05, 4.69) is 45.2 Å². The number of hydrogen-bond acceptors (Lipinski definition) is 5. The number of nitrogens with zero attached hydrogens (tertiary/aromatic N) is 3. The molecule has 9 heteroatoms. The first-order chi connectivity index (χ1) is 18.3. The number of piperidine rings is 1. The van der Waals surface area contributed by atoms with E-state index >= 15 is 0 Å². The zero-order chi connectivity index (χ0) is 26.5. The molecular formula is C29H30BrN3O5. The number of aryl methyl sites for hydroxylation is 1. The molecule has 3 aromatic rings. The monoisotopic (exact) mass is 579 g/mol. The van der Waals surface area contributed by atoms with E-state index in [4.69, 9.17) is 9.47 Å². The highest BCUT2D eigenvalue weighted by Crippen LogP contribution is 2.60. The quantitative estimate of drug-likeness (QED) is 0.425. The maximum Gasteiger partial charge on any atom is 0.409 e. The van der Waals surface area contributed by atoms with Crippen LogP contribution in [-0.2, 0) is 26.9 Å². The lowest BCUT2D eigenvalue weighted by Crippen LogP contribution is -2.57. The number of carbonyl (C=O) groups excluding carboxylic acids is 1. The van der Waals surface area contributed by atoms with Crippen LogP contribution in [0.15, 0.2) is 59.3 Å². The Morgan fingerprint density at radius 1 is 1.05 bits per heavy atom. The zero-order valence-electron chi connectivity index (χ0n) is 21.2. The van der Waals surface area contributed by atoms with E-state index in [0.717, 1.165) is 18.7 Å². The number of fused-ring (bicyclic) bond motifs is 3. The molecule has 2 heterocycles. The molecule has 3 aliphatic rings. The van der Waals surface area contributed by atoms with Crippen molar-refractivity contribution in [2.75, 3.05) is 26.3 Å². The molecular weight excluding hydrogens is 550 g/mol. The smallest absolute Gasteiger partial charge is 0.409 e. The first kappa shape index (κ1) is 25.1. The topological polar surface area (TPSA) is 93.9 Å². The van der Waals surface area contributed by atoms with Crippen LogP contribution in [0.1, 0.15) is 48.6 Å². The second-order valence-corrected chi connectivity index (χ2v) is 11.6. The molecule has 1 saturated carbocycles. The fraction of sp³-hybridized carbons (Fsp3) is 0.414. The summed E-state index contributed by atoms with van der Waals surface area (Å²) in [6, 6.07) is 16.6. The molecule has 2 aromatic carbocycles. The van der Waals surface area contributed by atoms with Gasteiger partial charge in [0.15, 0.2) is 0 Å². The summed E-state index contributed by atoms with van der Waals surface area (Å²) < 4.78 is 14.4. The summed E-state index contributed by atoms with van der Waals surface area (Å²) in [5, 5.41) is 9.23. The maximum atomic E-state index is 13.1. The number of carbonyl (C=O) groups is 2. The fourth-order valence-corrected chi connectivity index (χ4v) is 7.22. The molecule has 2 aliphatic carbocycles. The normalized spacial score (nSPS) is 19.1. The minimum Gasteiger partial charge on any atom is -0.480 e. The van der Waals surface area contributed by atoms with Gasteiger partial charge in [0.25, 0.3) is 0 Å². The SMILES string of the molecule is Cn1cc(Br)nc1C1(OCC(=O)O)CC2(CCN(C(=O)OCC3c4ccccc4-c4ccccc43)CC2)C1. The van der Waals surface area contributed by atoms with Crippen LogP contribution in [-0.4, -0.2) is 57.9 Å². The Hall–Kier alpha value is -3.17. The lowest BCUT2D eigenvalue weighted by atomic mass is 9.54. The summed E-state index contributed by atoms with van der Waals surface area (Å²) in [6.45, 7) is 1.16. The van der Waals surface area contributed by atoms with Gasteiger partial charge in [-0.3, -0.25) is 0 Å². The highest BCUT2D eigenvalue weighted by Gasteiger charge is 2.59. The van der Waals surface area contributed by atoms with E-state index in [1.54, 1.807) is 4.90 Å². The van der Waals surface area contributed by atoms with Gasteiger partial charge in [0.05, 0.1) is 0 Å². The van der Waals surface area contributed by atoms with E-state index in [1.807, 2.05) is 42.1 Å². The van der Waals surface area contributed by atoms with Crippen molar-refractivity contribution in [2.24, 2.45) is 12.5 Å². The average molecular weight is 580 g/mol. The third-order valence-corrected chi connectivity index (χ3v) is 8.85. The predicted octanol–water partition coefficient (Wildman–Crippen LogP) is 5.30. The maximum absolute atomic E-state index is 13.1. The zero-order valence-corrected chi connectivity index (χ0v) is 22.8. The average Bonchev–Trinajstić information content (AvgIpc) is 3.41. The van der Waals surface area contributed by atoms with Gasteiger partial charge < -0.3 is 24.0 Å². The van der Waals surface area contributed by atoms with Crippen molar-refractivity contribution in [1.29, 1.82) is 0 Å². The van der Waals surface area contributed by atoms with Crippen LogP contribution in [0.2, 0.25) is 0 Å². The Morgan fingerprint density at radius 3 is 2.21 bits per heavy atom. The number of carboxylic acids is 1. The summed E-state index contributed by atoms with van der Waals surface area (Å²) in [5.41, 5.74) is 4.09. The van der Waals surface area contributed by atoms with Crippen LogP contribution in [0.5, 0.6) is 0 Å². The lowest BCUT2D eigenvalue weighted by molar-refractivity contribution is -0.202. The minimum atomic E-state index is -0.997. The molecule has 38 heavy (non-hydrogen) atoms. The van der Waals surface area contributed by atoms with E-state index in [9.17, 15) is 14.7 Å². The Bertz CT molecular complexity index is 1340. The third kappa shape index (κ3) is 4.31. The lowest BCUT2D eigenvalue weighted by Gasteiger charge is -2.57. The van der Waals surface area contributed by atoms with Crippen LogP contribution < -0.4 is 0 Å². The molecule has 0 unspecified atom stereocenters. The number of rotatable bonds is 6. The van der Waals surface area contributed by atoms with E-state index < -0.39 is 11.6 Å². The molecule has 1 spiro atoms. The Kier molecular flexibility index (Phi) is 6.31. The summed E-state index contributed by atoms with van der Waals surface area (Å²) in [7, 11) is 1.89. The summed E-state index contributed by atoms with van der Waals surface area (Å²) >= 11 is 3.42. The molecule has 6 rings (SSSR count). The Morgan fingerprint density at radius 2 is 1.66 bits per heavy atom. The van der Waals surface area contributed by atoms with Gasteiger partial charge in [-0.15, -0.1) is 0 Å². The van der Waals surface area contributed by atoms with Crippen molar-refractivity contribution in [3.8, 4) is 11.1 Å². The van der Waals surface area contributed by atoms with E-state index in [1.165, 1.54) is 22.3 Å². The van der Waals surface area contributed by atoms with Gasteiger partial charge in [0.1, 0.15) is 29.2 Å². The number of aromatic nitrogens is 2. The first-order valence-corrected chi connectivity index (χ1v) is 13.7. The standard InChI is InChI=1S/C29H30BrN3O5/c1-32-14-24(30)31-26(32)29(38-16-25(34)35)17-28(18-29)10-12-33(13-11-28)27(36)37-15-23-21-8-4-2-6-19(21)20-7-3-5-9-22(20)23/h2-9,14,23H,10-13,15-18H2,1H3,(H,34,35). The molecule has 8 nitrogen and oxygen atoms in total. The number of halogens is 1. The number of aliphatic carboxylic acids is 1. The van der Waals surface area contributed by atoms with Crippen LogP contribution >= 0.6 is 15.9 Å². The van der Waals surface area contributed by atoms with Gasteiger partial charge in [0.2, 0.25) is 0 Å². The number of imidazole rings is 1. The molecule has 0 radical (unpaired) electrons. The Balaban J connectivity index is 1.08. The molecule has 1 N–H and O–H groups in total.